The zero-order valence-corrected chi connectivity index (χ0v) is 11.8. The molecule has 2 aromatic rings. The Labute approximate surface area is 126 Å². The third-order valence-corrected chi connectivity index (χ3v) is 3.42. The summed E-state index contributed by atoms with van der Waals surface area (Å²) in [5.74, 6) is 0.139. The number of carbonyl (C=O) groups excluding carboxylic acids is 1. The summed E-state index contributed by atoms with van der Waals surface area (Å²) in [4.78, 5) is 11.7. The van der Waals surface area contributed by atoms with Crippen molar-refractivity contribution in [2.75, 3.05) is 0 Å². The van der Waals surface area contributed by atoms with Gasteiger partial charge in [0.05, 0.1) is 5.02 Å². The minimum atomic E-state index is -0.337. The van der Waals surface area contributed by atoms with Crippen molar-refractivity contribution >= 4 is 17.6 Å². The summed E-state index contributed by atoms with van der Waals surface area (Å²) < 4.78 is 10.3. The maximum atomic E-state index is 11.7. The lowest BCUT2D eigenvalue weighted by atomic mass is 10.1. The Morgan fingerprint density at radius 3 is 3.00 bits per heavy atom. The first-order valence-corrected chi connectivity index (χ1v) is 6.85. The third kappa shape index (κ3) is 3.06. The molecule has 3 rings (SSSR count). The molecule has 21 heavy (non-hydrogen) atoms. The molecule has 1 aliphatic rings. The second kappa shape index (κ2) is 5.97. The fraction of sp³-hybridized carbons (Fsp3) is 0.125. The van der Waals surface area contributed by atoms with Crippen molar-refractivity contribution in [3.05, 3.63) is 64.9 Å². The Morgan fingerprint density at radius 1 is 1.38 bits per heavy atom. The van der Waals surface area contributed by atoms with Gasteiger partial charge in [0.1, 0.15) is 5.69 Å². The molecule has 5 heteroatoms. The van der Waals surface area contributed by atoms with E-state index in [0.29, 0.717) is 28.5 Å². The number of aromatic nitrogens is 1. The Bertz CT molecular complexity index is 731. The first kappa shape index (κ1) is 13.6. The van der Waals surface area contributed by atoms with Crippen LogP contribution >= 0.6 is 11.6 Å². The van der Waals surface area contributed by atoms with E-state index in [2.05, 4.69) is 5.16 Å². The molecule has 106 valence electrons. The summed E-state index contributed by atoms with van der Waals surface area (Å²) in [7, 11) is 0. The molecule has 0 saturated carbocycles. The van der Waals surface area contributed by atoms with Crippen LogP contribution in [0.25, 0.3) is 11.3 Å². The number of nitrogens with zero attached hydrogens (tertiary/aromatic N) is 1. The molecule has 0 radical (unpaired) electrons. The van der Waals surface area contributed by atoms with E-state index < -0.39 is 0 Å². The third-order valence-electron chi connectivity index (χ3n) is 3.09. The highest BCUT2D eigenvalue weighted by Gasteiger charge is 2.14. The number of hydrogen-bond donors (Lipinski definition) is 0. The van der Waals surface area contributed by atoms with E-state index in [9.17, 15) is 4.79 Å². The van der Waals surface area contributed by atoms with Gasteiger partial charge in [-0.2, -0.15) is 0 Å². The molecule has 0 unspecified atom stereocenters. The topological polar surface area (TPSA) is 52.3 Å². The van der Waals surface area contributed by atoms with Gasteiger partial charge in [-0.15, -0.1) is 0 Å². The van der Waals surface area contributed by atoms with Crippen molar-refractivity contribution in [3.8, 4) is 11.3 Å². The average Bonchev–Trinajstić information content (AvgIpc) is 3.17. The molecule has 1 aliphatic carbocycles. The zero-order chi connectivity index (χ0) is 14.7. The van der Waals surface area contributed by atoms with Gasteiger partial charge in [-0.05, 0) is 12.5 Å². The molecule has 0 atom stereocenters. The highest BCUT2D eigenvalue weighted by molar-refractivity contribution is 6.33. The molecule has 0 bridgehead atoms. The molecular formula is C16H12ClNO3. The van der Waals surface area contributed by atoms with Crippen molar-refractivity contribution < 1.29 is 14.1 Å². The standard InChI is InChI=1S/C16H12ClNO3/c17-14-8-4-3-7-13(14)15-9-12(21-18-15)10-20-16(19)11-5-1-2-6-11/h1-5,7-9H,6,10H2. The van der Waals surface area contributed by atoms with Gasteiger partial charge in [0.25, 0.3) is 0 Å². The molecular weight excluding hydrogens is 290 g/mol. The van der Waals surface area contributed by atoms with Gasteiger partial charge < -0.3 is 9.26 Å². The maximum Gasteiger partial charge on any atom is 0.334 e. The van der Waals surface area contributed by atoms with E-state index in [4.69, 9.17) is 20.9 Å². The van der Waals surface area contributed by atoms with E-state index in [-0.39, 0.29) is 12.6 Å². The smallest absolute Gasteiger partial charge is 0.334 e. The number of ether oxygens (including phenoxy) is 1. The number of rotatable bonds is 4. The van der Waals surface area contributed by atoms with Crippen LogP contribution in [0.1, 0.15) is 12.2 Å². The van der Waals surface area contributed by atoms with Gasteiger partial charge in [0, 0.05) is 17.2 Å². The summed E-state index contributed by atoms with van der Waals surface area (Å²) >= 11 is 6.10. The Morgan fingerprint density at radius 2 is 2.24 bits per heavy atom. The van der Waals surface area contributed by atoms with E-state index >= 15 is 0 Å². The Kier molecular flexibility index (Phi) is 3.88. The Balaban J connectivity index is 1.66. The molecule has 0 aliphatic heterocycles. The minimum Gasteiger partial charge on any atom is -0.454 e. The van der Waals surface area contributed by atoms with Crippen LogP contribution in [0.5, 0.6) is 0 Å². The van der Waals surface area contributed by atoms with Crippen LogP contribution in [0.3, 0.4) is 0 Å². The number of allylic oxidation sites excluding steroid dienone is 3. The largest absolute Gasteiger partial charge is 0.454 e. The summed E-state index contributed by atoms with van der Waals surface area (Å²) in [6.07, 6.45) is 6.10. The van der Waals surface area contributed by atoms with E-state index in [1.165, 1.54) is 0 Å². The van der Waals surface area contributed by atoms with Crippen LogP contribution < -0.4 is 0 Å². The second-order valence-corrected chi connectivity index (χ2v) is 4.97. The van der Waals surface area contributed by atoms with E-state index in [1.54, 1.807) is 18.2 Å². The lowest BCUT2D eigenvalue weighted by Gasteiger charge is -2.01. The molecule has 1 heterocycles. The van der Waals surface area contributed by atoms with Crippen LogP contribution in [0.15, 0.2) is 58.7 Å². The molecule has 0 saturated heterocycles. The van der Waals surface area contributed by atoms with Crippen molar-refractivity contribution in [3.63, 3.8) is 0 Å². The molecule has 0 N–H and O–H groups in total. The van der Waals surface area contributed by atoms with E-state index in [1.807, 2.05) is 30.4 Å². The average molecular weight is 302 g/mol. The van der Waals surface area contributed by atoms with Crippen molar-refractivity contribution in [2.24, 2.45) is 0 Å². The highest BCUT2D eigenvalue weighted by atomic mass is 35.5. The van der Waals surface area contributed by atoms with Crippen molar-refractivity contribution in [1.29, 1.82) is 0 Å². The minimum absolute atomic E-state index is 0.0492. The summed E-state index contributed by atoms with van der Waals surface area (Å²) in [5, 5.41) is 4.54. The zero-order valence-electron chi connectivity index (χ0n) is 11.1. The van der Waals surface area contributed by atoms with Crippen LogP contribution in [0, 0.1) is 0 Å². The quantitative estimate of drug-likeness (QED) is 0.803. The predicted molar refractivity (Wildman–Crippen MR) is 78.6 cm³/mol. The molecule has 0 spiro atoms. The van der Waals surface area contributed by atoms with Gasteiger partial charge in [-0.25, -0.2) is 4.79 Å². The van der Waals surface area contributed by atoms with Crippen LogP contribution in [-0.2, 0) is 16.1 Å². The van der Waals surface area contributed by atoms with Crippen LogP contribution in [0.4, 0.5) is 0 Å². The number of carbonyl (C=O) groups is 1. The second-order valence-electron chi connectivity index (χ2n) is 4.56. The van der Waals surface area contributed by atoms with Crippen molar-refractivity contribution in [1.82, 2.24) is 5.16 Å². The predicted octanol–water partition coefficient (Wildman–Crippen LogP) is 3.92. The van der Waals surface area contributed by atoms with Crippen molar-refractivity contribution in [2.45, 2.75) is 13.0 Å². The van der Waals surface area contributed by atoms with Crippen LogP contribution in [0.2, 0.25) is 5.02 Å². The number of esters is 1. The number of benzene rings is 1. The maximum absolute atomic E-state index is 11.7. The molecule has 4 nitrogen and oxygen atoms in total. The van der Waals surface area contributed by atoms with E-state index in [0.717, 1.165) is 5.56 Å². The molecule has 0 fully saturated rings. The first-order valence-electron chi connectivity index (χ1n) is 6.47. The van der Waals surface area contributed by atoms with Gasteiger partial charge in [-0.1, -0.05) is 53.2 Å². The first-order chi connectivity index (χ1) is 10.2. The van der Waals surface area contributed by atoms with Crippen LogP contribution in [-0.4, -0.2) is 11.1 Å². The number of halogens is 1. The SMILES string of the molecule is O=C(OCc1cc(-c2ccccc2Cl)no1)C1=CC=CC1. The van der Waals surface area contributed by atoms with Gasteiger partial charge >= 0.3 is 5.97 Å². The molecule has 1 aromatic carbocycles. The normalized spacial score (nSPS) is 13.3. The van der Waals surface area contributed by atoms with Gasteiger partial charge in [-0.3, -0.25) is 0 Å². The Hall–Kier alpha value is -2.33. The number of hydrogen-bond acceptors (Lipinski definition) is 4. The fourth-order valence-corrected chi connectivity index (χ4v) is 2.24. The lowest BCUT2D eigenvalue weighted by molar-refractivity contribution is -0.140. The van der Waals surface area contributed by atoms with Gasteiger partial charge in [0.2, 0.25) is 0 Å². The lowest BCUT2D eigenvalue weighted by Crippen LogP contribution is -2.06. The van der Waals surface area contributed by atoms with Gasteiger partial charge in [0.15, 0.2) is 12.4 Å². The highest BCUT2D eigenvalue weighted by Crippen LogP contribution is 2.27. The summed E-state index contributed by atoms with van der Waals surface area (Å²) in [6, 6.07) is 9.07. The molecule has 0 amide bonds. The molecule has 1 aromatic heterocycles. The summed E-state index contributed by atoms with van der Waals surface area (Å²) in [6.45, 7) is 0.0492. The summed E-state index contributed by atoms with van der Waals surface area (Å²) in [5.41, 5.74) is 2.04. The fourth-order valence-electron chi connectivity index (χ4n) is 2.00. The monoisotopic (exact) mass is 301 g/mol.